The number of piperazine rings is 1. The van der Waals surface area contributed by atoms with Crippen LogP contribution in [0.5, 0.6) is 0 Å². The largest absolute Gasteiger partial charge is 0.353 e. The van der Waals surface area contributed by atoms with Gasteiger partial charge in [0.05, 0.1) is 6.04 Å². The number of amides is 1. The van der Waals surface area contributed by atoms with Gasteiger partial charge in [0.15, 0.2) is 0 Å². The monoisotopic (exact) mass is 268 g/mol. The average molecular weight is 269 g/mol. The third kappa shape index (κ3) is 2.79. The molecule has 0 bridgehead atoms. The van der Waals surface area contributed by atoms with E-state index in [-0.39, 0.29) is 11.9 Å². The van der Waals surface area contributed by atoms with Crippen LogP contribution in [0.3, 0.4) is 0 Å². The maximum absolute atomic E-state index is 11.5. The van der Waals surface area contributed by atoms with Crippen LogP contribution in [0, 0.1) is 0 Å². The lowest BCUT2D eigenvalue weighted by molar-refractivity contribution is -0.124. The Morgan fingerprint density at radius 1 is 1.40 bits per heavy atom. The Morgan fingerprint density at radius 3 is 3.00 bits per heavy atom. The highest BCUT2D eigenvalue weighted by Gasteiger charge is 2.21. The van der Waals surface area contributed by atoms with Gasteiger partial charge in [0.1, 0.15) is 0 Å². The number of benzene rings is 1. The molecule has 80 valence electrons. The summed E-state index contributed by atoms with van der Waals surface area (Å²) in [5.41, 5.74) is 1.17. The standard InChI is InChI=1S/C11H13BrN2O/c12-9-3-1-2-8(6-9)7-10-11(15)14-5-4-13-10/h1-3,6,10,13H,4-5,7H2,(H,14,15)/t10-/m1/s1. The lowest BCUT2D eigenvalue weighted by atomic mass is 10.0. The summed E-state index contributed by atoms with van der Waals surface area (Å²) in [5, 5.41) is 6.06. The first-order valence-corrected chi connectivity index (χ1v) is 5.80. The van der Waals surface area contributed by atoms with Gasteiger partial charge in [-0.25, -0.2) is 0 Å². The van der Waals surface area contributed by atoms with Crippen molar-refractivity contribution in [1.82, 2.24) is 10.6 Å². The molecule has 2 N–H and O–H groups in total. The predicted molar refractivity (Wildman–Crippen MR) is 62.6 cm³/mol. The quantitative estimate of drug-likeness (QED) is 0.843. The maximum Gasteiger partial charge on any atom is 0.237 e. The van der Waals surface area contributed by atoms with Crippen molar-refractivity contribution < 1.29 is 4.79 Å². The number of carbonyl (C=O) groups is 1. The Bertz CT molecular complexity index is 367. The molecule has 1 atom stereocenters. The summed E-state index contributed by atoms with van der Waals surface area (Å²) in [4.78, 5) is 11.5. The van der Waals surface area contributed by atoms with Crippen molar-refractivity contribution in [2.24, 2.45) is 0 Å². The Labute approximate surface area is 97.4 Å². The Hall–Kier alpha value is -0.870. The van der Waals surface area contributed by atoms with Crippen LogP contribution in [0.25, 0.3) is 0 Å². The molecule has 15 heavy (non-hydrogen) atoms. The van der Waals surface area contributed by atoms with Crippen LogP contribution in [0.4, 0.5) is 0 Å². The summed E-state index contributed by atoms with van der Waals surface area (Å²) in [7, 11) is 0. The highest BCUT2D eigenvalue weighted by atomic mass is 79.9. The van der Waals surface area contributed by atoms with E-state index >= 15 is 0 Å². The fourth-order valence-electron chi connectivity index (χ4n) is 1.71. The van der Waals surface area contributed by atoms with E-state index in [1.165, 1.54) is 5.56 Å². The molecule has 0 aromatic heterocycles. The molecular weight excluding hydrogens is 256 g/mol. The van der Waals surface area contributed by atoms with Crippen LogP contribution < -0.4 is 10.6 Å². The van der Waals surface area contributed by atoms with Crippen molar-refractivity contribution in [3.63, 3.8) is 0 Å². The van der Waals surface area contributed by atoms with E-state index in [0.29, 0.717) is 0 Å². The van der Waals surface area contributed by atoms with Crippen molar-refractivity contribution in [1.29, 1.82) is 0 Å². The van der Waals surface area contributed by atoms with Gasteiger partial charge < -0.3 is 10.6 Å². The number of nitrogens with one attached hydrogen (secondary N) is 2. The first kappa shape index (κ1) is 10.6. The van der Waals surface area contributed by atoms with E-state index in [1.807, 2.05) is 24.3 Å². The van der Waals surface area contributed by atoms with Crippen molar-refractivity contribution in [2.45, 2.75) is 12.5 Å². The third-order valence-electron chi connectivity index (χ3n) is 2.46. The number of hydrogen-bond acceptors (Lipinski definition) is 2. The number of halogens is 1. The third-order valence-corrected chi connectivity index (χ3v) is 2.95. The molecule has 0 spiro atoms. The van der Waals surface area contributed by atoms with E-state index < -0.39 is 0 Å². The van der Waals surface area contributed by atoms with Gasteiger partial charge in [0.25, 0.3) is 0 Å². The van der Waals surface area contributed by atoms with Crippen LogP contribution >= 0.6 is 15.9 Å². The molecule has 1 saturated heterocycles. The van der Waals surface area contributed by atoms with Crippen molar-refractivity contribution in [3.05, 3.63) is 34.3 Å². The van der Waals surface area contributed by atoms with Gasteiger partial charge >= 0.3 is 0 Å². The van der Waals surface area contributed by atoms with E-state index in [9.17, 15) is 4.79 Å². The molecule has 0 aliphatic carbocycles. The van der Waals surface area contributed by atoms with Crippen LogP contribution in [0.15, 0.2) is 28.7 Å². The predicted octanol–water partition coefficient (Wildman–Crippen LogP) is 1.08. The minimum atomic E-state index is -0.0898. The van der Waals surface area contributed by atoms with E-state index in [0.717, 1.165) is 24.0 Å². The van der Waals surface area contributed by atoms with Crippen LogP contribution in [0.1, 0.15) is 5.56 Å². The number of rotatable bonds is 2. The first-order chi connectivity index (χ1) is 7.25. The van der Waals surface area contributed by atoms with Gasteiger partial charge in [-0.1, -0.05) is 28.1 Å². The second-order valence-corrected chi connectivity index (χ2v) is 4.55. The summed E-state index contributed by atoms with van der Waals surface area (Å²) >= 11 is 3.42. The van der Waals surface area contributed by atoms with E-state index in [4.69, 9.17) is 0 Å². The Kier molecular flexibility index (Phi) is 3.38. The summed E-state index contributed by atoms with van der Waals surface area (Å²) < 4.78 is 1.05. The van der Waals surface area contributed by atoms with Crippen molar-refractivity contribution in [3.8, 4) is 0 Å². The molecule has 1 aliphatic heterocycles. The van der Waals surface area contributed by atoms with Crippen LogP contribution in [-0.4, -0.2) is 25.0 Å². The Balaban J connectivity index is 2.04. The van der Waals surface area contributed by atoms with E-state index in [2.05, 4.69) is 26.6 Å². The highest BCUT2D eigenvalue weighted by molar-refractivity contribution is 9.10. The SMILES string of the molecule is O=C1NCCN[C@@H]1Cc1cccc(Br)c1. The van der Waals surface area contributed by atoms with Gasteiger partial charge in [0, 0.05) is 17.6 Å². The summed E-state index contributed by atoms with van der Waals surface area (Å²) in [5.74, 6) is 0.0984. The number of hydrogen-bond donors (Lipinski definition) is 2. The zero-order valence-electron chi connectivity index (χ0n) is 8.29. The fourth-order valence-corrected chi connectivity index (χ4v) is 2.16. The lowest BCUT2D eigenvalue weighted by Crippen LogP contribution is -2.53. The zero-order valence-corrected chi connectivity index (χ0v) is 9.88. The molecular formula is C11H13BrN2O. The Morgan fingerprint density at radius 2 is 2.27 bits per heavy atom. The highest BCUT2D eigenvalue weighted by Crippen LogP contribution is 2.13. The maximum atomic E-state index is 11.5. The van der Waals surface area contributed by atoms with Crippen molar-refractivity contribution >= 4 is 21.8 Å². The summed E-state index contributed by atoms with van der Waals surface area (Å²) in [6.07, 6.45) is 0.741. The fraction of sp³-hybridized carbons (Fsp3) is 0.364. The smallest absolute Gasteiger partial charge is 0.237 e. The molecule has 0 saturated carbocycles. The molecule has 1 heterocycles. The summed E-state index contributed by atoms with van der Waals surface area (Å²) in [6.45, 7) is 1.58. The first-order valence-electron chi connectivity index (χ1n) is 5.01. The molecule has 0 radical (unpaired) electrons. The van der Waals surface area contributed by atoms with Crippen LogP contribution in [0.2, 0.25) is 0 Å². The van der Waals surface area contributed by atoms with Gasteiger partial charge in [-0.2, -0.15) is 0 Å². The second kappa shape index (κ2) is 4.77. The minimum Gasteiger partial charge on any atom is -0.353 e. The van der Waals surface area contributed by atoms with Gasteiger partial charge in [-0.05, 0) is 24.1 Å². The van der Waals surface area contributed by atoms with Crippen LogP contribution in [-0.2, 0) is 11.2 Å². The molecule has 1 amide bonds. The van der Waals surface area contributed by atoms with E-state index in [1.54, 1.807) is 0 Å². The molecule has 1 aromatic rings. The molecule has 3 nitrogen and oxygen atoms in total. The molecule has 0 unspecified atom stereocenters. The lowest BCUT2D eigenvalue weighted by Gasteiger charge is -2.23. The molecule has 1 aromatic carbocycles. The molecule has 2 rings (SSSR count). The van der Waals surface area contributed by atoms with Gasteiger partial charge in [-0.3, -0.25) is 4.79 Å². The number of carbonyl (C=O) groups excluding carboxylic acids is 1. The second-order valence-electron chi connectivity index (χ2n) is 3.63. The van der Waals surface area contributed by atoms with Gasteiger partial charge in [-0.15, -0.1) is 0 Å². The van der Waals surface area contributed by atoms with Crippen molar-refractivity contribution in [2.75, 3.05) is 13.1 Å². The topological polar surface area (TPSA) is 41.1 Å². The molecule has 1 aliphatic rings. The van der Waals surface area contributed by atoms with Gasteiger partial charge in [0.2, 0.25) is 5.91 Å². The summed E-state index contributed by atoms with van der Waals surface area (Å²) in [6, 6.07) is 7.96. The molecule has 4 heteroatoms. The molecule has 1 fully saturated rings. The normalized spacial score (nSPS) is 21.1. The minimum absolute atomic E-state index is 0.0898. The zero-order chi connectivity index (χ0) is 10.7. The average Bonchev–Trinajstić information content (AvgIpc) is 2.22.